The third-order valence-electron chi connectivity index (χ3n) is 5.00. The van der Waals surface area contributed by atoms with Gasteiger partial charge >= 0.3 is 0 Å². The number of likely N-dealkylation sites (tertiary alicyclic amines) is 1. The summed E-state index contributed by atoms with van der Waals surface area (Å²) in [5, 5.41) is 2.61. The summed E-state index contributed by atoms with van der Waals surface area (Å²) in [5.74, 6) is -2.66. The van der Waals surface area contributed by atoms with Crippen LogP contribution < -0.4 is 16.2 Å². The second kappa shape index (κ2) is 7.05. The van der Waals surface area contributed by atoms with Crippen LogP contribution in [0.3, 0.4) is 0 Å². The zero-order valence-electron chi connectivity index (χ0n) is 14.2. The third-order valence-corrected chi connectivity index (χ3v) is 5.00. The highest BCUT2D eigenvalue weighted by molar-refractivity contribution is 5.86. The number of hydrogen-bond donors (Lipinski definition) is 3. The monoisotopic (exact) mass is 352 g/mol. The Morgan fingerprint density at radius 2 is 2.00 bits per heavy atom. The molecule has 1 aromatic rings. The SMILES string of the molecule is CC(C)N1CC(C(=O)NCc2c(F)cccc2F)C2NNC(=O)C2C1. The van der Waals surface area contributed by atoms with Crippen molar-refractivity contribution < 1.29 is 18.4 Å². The molecule has 0 radical (unpaired) electrons. The van der Waals surface area contributed by atoms with E-state index < -0.39 is 17.6 Å². The first kappa shape index (κ1) is 17.8. The van der Waals surface area contributed by atoms with E-state index in [9.17, 15) is 18.4 Å². The molecule has 3 N–H and O–H groups in total. The molecule has 2 heterocycles. The van der Waals surface area contributed by atoms with Gasteiger partial charge in [-0.25, -0.2) is 14.2 Å². The van der Waals surface area contributed by atoms with Crippen LogP contribution >= 0.6 is 0 Å². The number of halogens is 2. The number of nitrogens with one attached hydrogen (secondary N) is 3. The van der Waals surface area contributed by atoms with Crippen LogP contribution in [-0.2, 0) is 16.1 Å². The molecule has 2 aliphatic heterocycles. The van der Waals surface area contributed by atoms with E-state index in [-0.39, 0.29) is 41.9 Å². The predicted molar refractivity (Wildman–Crippen MR) is 87.0 cm³/mol. The highest BCUT2D eigenvalue weighted by Crippen LogP contribution is 2.27. The fourth-order valence-electron chi connectivity index (χ4n) is 3.46. The highest BCUT2D eigenvalue weighted by Gasteiger charge is 2.47. The second-order valence-electron chi connectivity index (χ2n) is 6.84. The van der Waals surface area contributed by atoms with Crippen molar-refractivity contribution in [1.82, 2.24) is 21.1 Å². The summed E-state index contributed by atoms with van der Waals surface area (Å²) in [6, 6.07) is 3.45. The molecule has 2 amide bonds. The van der Waals surface area contributed by atoms with E-state index in [0.717, 1.165) is 12.1 Å². The first-order valence-corrected chi connectivity index (χ1v) is 8.38. The Kier molecular flexibility index (Phi) is 5.01. The maximum absolute atomic E-state index is 13.7. The molecule has 2 saturated heterocycles. The minimum absolute atomic E-state index is 0.131. The molecule has 0 bridgehead atoms. The van der Waals surface area contributed by atoms with E-state index in [1.54, 1.807) is 0 Å². The Labute approximate surface area is 144 Å². The van der Waals surface area contributed by atoms with Gasteiger partial charge in [-0.3, -0.25) is 19.9 Å². The molecule has 3 rings (SSSR count). The van der Waals surface area contributed by atoms with Gasteiger partial charge in [0, 0.05) is 31.2 Å². The van der Waals surface area contributed by atoms with Crippen LogP contribution in [0.5, 0.6) is 0 Å². The van der Waals surface area contributed by atoms with Gasteiger partial charge in [0.05, 0.1) is 17.9 Å². The molecule has 3 atom stereocenters. The Morgan fingerprint density at radius 3 is 2.64 bits per heavy atom. The molecule has 3 unspecified atom stereocenters. The third kappa shape index (κ3) is 3.50. The number of rotatable bonds is 4. The van der Waals surface area contributed by atoms with Gasteiger partial charge in [-0.1, -0.05) is 6.07 Å². The van der Waals surface area contributed by atoms with E-state index in [1.165, 1.54) is 6.07 Å². The van der Waals surface area contributed by atoms with Crippen molar-refractivity contribution in [3.8, 4) is 0 Å². The number of carbonyl (C=O) groups is 2. The lowest BCUT2D eigenvalue weighted by atomic mass is 9.83. The van der Waals surface area contributed by atoms with Crippen molar-refractivity contribution in [2.75, 3.05) is 13.1 Å². The van der Waals surface area contributed by atoms with Crippen LogP contribution in [-0.4, -0.2) is 41.9 Å². The van der Waals surface area contributed by atoms with Crippen molar-refractivity contribution in [2.45, 2.75) is 32.5 Å². The normalized spacial score (nSPS) is 26.4. The van der Waals surface area contributed by atoms with Crippen LogP contribution in [0.4, 0.5) is 8.78 Å². The number of fused-ring (bicyclic) bond motifs is 1. The largest absolute Gasteiger partial charge is 0.351 e. The number of amides is 2. The fourth-order valence-corrected chi connectivity index (χ4v) is 3.46. The molecular weight excluding hydrogens is 330 g/mol. The van der Waals surface area contributed by atoms with Crippen molar-refractivity contribution >= 4 is 11.8 Å². The van der Waals surface area contributed by atoms with Gasteiger partial charge in [-0.2, -0.15) is 0 Å². The summed E-state index contributed by atoms with van der Waals surface area (Å²) >= 11 is 0. The minimum Gasteiger partial charge on any atom is -0.351 e. The molecule has 0 saturated carbocycles. The quantitative estimate of drug-likeness (QED) is 0.740. The average Bonchev–Trinajstić information content (AvgIpc) is 2.94. The zero-order chi connectivity index (χ0) is 18.1. The molecule has 2 aliphatic rings. The highest BCUT2D eigenvalue weighted by atomic mass is 19.1. The maximum atomic E-state index is 13.7. The number of benzene rings is 1. The Bertz CT molecular complexity index is 662. The van der Waals surface area contributed by atoms with Gasteiger partial charge in [0.25, 0.3) is 0 Å². The number of carbonyl (C=O) groups excluding carboxylic acids is 2. The van der Waals surface area contributed by atoms with E-state index in [1.807, 2.05) is 13.8 Å². The zero-order valence-corrected chi connectivity index (χ0v) is 14.2. The molecule has 0 aliphatic carbocycles. The summed E-state index contributed by atoms with van der Waals surface area (Å²) < 4.78 is 27.4. The van der Waals surface area contributed by atoms with Gasteiger partial charge in [-0.15, -0.1) is 0 Å². The molecule has 1 aromatic carbocycles. The van der Waals surface area contributed by atoms with Crippen LogP contribution in [0.2, 0.25) is 0 Å². The Hall–Kier alpha value is -2.06. The fraction of sp³-hybridized carbons (Fsp3) is 0.529. The van der Waals surface area contributed by atoms with E-state index in [4.69, 9.17) is 0 Å². The van der Waals surface area contributed by atoms with E-state index >= 15 is 0 Å². The first-order chi connectivity index (χ1) is 11.9. The molecule has 25 heavy (non-hydrogen) atoms. The Morgan fingerprint density at radius 1 is 1.32 bits per heavy atom. The van der Waals surface area contributed by atoms with E-state index in [0.29, 0.717) is 13.1 Å². The Balaban J connectivity index is 1.72. The number of nitrogens with zero attached hydrogens (tertiary/aromatic N) is 1. The van der Waals surface area contributed by atoms with Crippen LogP contribution in [0, 0.1) is 23.5 Å². The topological polar surface area (TPSA) is 73.5 Å². The molecule has 6 nitrogen and oxygen atoms in total. The first-order valence-electron chi connectivity index (χ1n) is 8.38. The van der Waals surface area contributed by atoms with E-state index in [2.05, 4.69) is 21.1 Å². The molecule has 2 fully saturated rings. The summed E-state index contributed by atoms with van der Waals surface area (Å²) in [6.45, 7) is 4.84. The van der Waals surface area contributed by atoms with Crippen molar-refractivity contribution in [1.29, 1.82) is 0 Å². The summed E-state index contributed by atoms with van der Waals surface area (Å²) in [5.41, 5.74) is 5.30. The smallest absolute Gasteiger partial charge is 0.240 e. The molecule has 0 spiro atoms. The van der Waals surface area contributed by atoms with Crippen LogP contribution in [0.1, 0.15) is 19.4 Å². The van der Waals surface area contributed by atoms with Gasteiger partial charge in [0.15, 0.2) is 0 Å². The van der Waals surface area contributed by atoms with Crippen molar-refractivity contribution in [3.05, 3.63) is 35.4 Å². The summed E-state index contributed by atoms with van der Waals surface area (Å²) in [7, 11) is 0. The molecule has 0 aromatic heterocycles. The maximum Gasteiger partial charge on any atom is 0.240 e. The van der Waals surface area contributed by atoms with Gasteiger partial charge in [0.1, 0.15) is 11.6 Å². The molecular formula is C17H22F2N4O2. The number of piperidine rings is 1. The standard InChI is InChI=1S/C17H22F2N4O2/c1-9(2)23-7-11(15-12(8-23)17(25)22-21-15)16(24)20-6-10-13(18)4-3-5-14(10)19/h3-5,9,11-12,15,21H,6-8H2,1-2H3,(H,20,24)(H,22,25). The summed E-state index contributed by atoms with van der Waals surface area (Å²) in [4.78, 5) is 26.7. The number of hydrogen-bond acceptors (Lipinski definition) is 4. The van der Waals surface area contributed by atoms with Gasteiger partial charge < -0.3 is 5.32 Å². The second-order valence-corrected chi connectivity index (χ2v) is 6.84. The van der Waals surface area contributed by atoms with Crippen molar-refractivity contribution in [3.63, 3.8) is 0 Å². The summed E-state index contributed by atoms with van der Waals surface area (Å²) in [6.07, 6.45) is 0. The lowest BCUT2D eigenvalue weighted by molar-refractivity contribution is -0.130. The van der Waals surface area contributed by atoms with Gasteiger partial charge in [0.2, 0.25) is 11.8 Å². The number of hydrazine groups is 1. The predicted octanol–water partition coefficient (Wildman–Crippen LogP) is 0.540. The van der Waals surface area contributed by atoms with Crippen LogP contribution in [0.15, 0.2) is 18.2 Å². The molecule has 8 heteroatoms. The minimum atomic E-state index is -0.693. The molecule has 136 valence electrons. The lowest BCUT2D eigenvalue weighted by Crippen LogP contribution is -2.58. The lowest BCUT2D eigenvalue weighted by Gasteiger charge is -2.40. The van der Waals surface area contributed by atoms with Crippen LogP contribution in [0.25, 0.3) is 0 Å². The van der Waals surface area contributed by atoms with Crippen molar-refractivity contribution in [2.24, 2.45) is 11.8 Å². The van der Waals surface area contributed by atoms with Gasteiger partial charge in [-0.05, 0) is 26.0 Å². The average molecular weight is 352 g/mol.